The van der Waals surface area contributed by atoms with Gasteiger partial charge in [0.25, 0.3) is 5.91 Å². The van der Waals surface area contributed by atoms with Gasteiger partial charge in [-0.05, 0) is 55.0 Å². The molecule has 0 aliphatic carbocycles. The topological polar surface area (TPSA) is 90.9 Å². The molecular weight excluding hydrogens is 565 g/mol. The number of aliphatic imine (C=N–C) groups is 1. The SMILES string of the molecule is C[C@H](NC(=O)Cc1cc(F)cc(F)c1)C(=O)NC1N=C(c2ccccc2F)c2cc(Br)ccc2N(C)C1=O. The number of anilines is 1. The molecule has 4 rings (SSSR count). The van der Waals surface area contributed by atoms with E-state index in [1.807, 2.05) is 0 Å². The van der Waals surface area contributed by atoms with E-state index >= 15 is 0 Å². The molecule has 3 amide bonds. The average Bonchev–Trinajstić information content (AvgIpc) is 2.94. The summed E-state index contributed by atoms with van der Waals surface area (Å²) in [5.41, 5.74) is 1.32. The molecule has 196 valence electrons. The van der Waals surface area contributed by atoms with Crippen molar-refractivity contribution >= 4 is 45.1 Å². The third-order valence-electron chi connectivity index (χ3n) is 5.86. The molecule has 0 saturated heterocycles. The third-order valence-corrected chi connectivity index (χ3v) is 6.36. The van der Waals surface area contributed by atoms with Crippen LogP contribution in [0.25, 0.3) is 0 Å². The van der Waals surface area contributed by atoms with E-state index in [0.717, 1.165) is 12.1 Å². The Bertz CT molecular complexity index is 1440. The van der Waals surface area contributed by atoms with Crippen LogP contribution in [-0.2, 0) is 20.8 Å². The fraction of sp³-hybridized carbons (Fsp3) is 0.185. The fourth-order valence-corrected chi connectivity index (χ4v) is 4.39. The molecule has 0 spiro atoms. The number of carbonyl (C=O) groups excluding carboxylic acids is 3. The molecule has 3 aromatic rings. The van der Waals surface area contributed by atoms with Gasteiger partial charge >= 0.3 is 0 Å². The molecule has 1 aliphatic rings. The second kappa shape index (κ2) is 11.2. The highest BCUT2D eigenvalue weighted by molar-refractivity contribution is 9.10. The molecule has 11 heteroatoms. The number of fused-ring (bicyclic) bond motifs is 1. The van der Waals surface area contributed by atoms with Crippen LogP contribution in [0.1, 0.15) is 23.6 Å². The van der Waals surface area contributed by atoms with E-state index in [2.05, 4.69) is 31.6 Å². The number of halogens is 4. The second-order valence-electron chi connectivity index (χ2n) is 8.67. The maximum Gasteiger partial charge on any atom is 0.272 e. The monoisotopic (exact) mass is 586 g/mol. The lowest BCUT2D eigenvalue weighted by atomic mass is 10.00. The van der Waals surface area contributed by atoms with Crippen molar-refractivity contribution in [3.05, 3.63) is 99.3 Å². The molecular formula is C27H22BrF3N4O3. The van der Waals surface area contributed by atoms with Crippen molar-refractivity contribution in [1.82, 2.24) is 10.6 Å². The maximum atomic E-state index is 14.8. The summed E-state index contributed by atoms with van der Waals surface area (Å²) in [7, 11) is 1.51. The second-order valence-corrected chi connectivity index (χ2v) is 9.59. The number of nitrogens with one attached hydrogen (secondary N) is 2. The molecule has 1 unspecified atom stereocenters. The first-order valence-electron chi connectivity index (χ1n) is 11.5. The van der Waals surface area contributed by atoms with E-state index in [1.165, 1.54) is 37.1 Å². The molecule has 7 nitrogen and oxygen atoms in total. The molecule has 2 N–H and O–H groups in total. The van der Waals surface area contributed by atoms with Gasteiger partial charge in [-0.25, -0.2) is 18.2 Å². The first-order chi connectivity index (χ1) is 18.0. The van der Waals surface area contributed by atoms with Crippen LogP contribution in [0, 0.1) is 17.5 Å². The van der Waals surface area contributed by atoms with Crippen LogP contribution in [0.15, 0.2) is 70.1 Å². The lowest BCUT2D eigenvalue weighted by Crippen LogP contribution is -2.52. The van der Waals surface area contributed by atoms with E-state index in [1.54, 1.807) is 24.3 Å². The number of nitrogens with zero attached hydrogens (tertiary/aromatic N) is 2. The zero-order valence-electron chi connectivity index (χ0n) is 20.3. The quantitative estimate of drug-likeness (QED) is 0.459. The fourth-order valence-electron chi connectivity index (χ4n) is 4.02. The Morgan fingerprint density at radius 3 is 2.39 bits per heavy atom. The molecule has 1 heterocycles. The summed E-state index contributed by atoms with van der Waals surface area (Å²) < 4.78 is 42.3. The van der Waals surface area contributed by atoms with Crippen LogP contribution in [-0.4, -0.2) is 42.7 Å². The van der Waals surface area contributed by atoms with Gasteiger partial charge in [0, 0.05) is 28.7 Å². The number of amides is 3. The van der Waals surface area contributed by atoms with Crippen LogP contribution in [0.3, 0.4) is 0 Å². The first kappa shape index (κ1) is 27.1. The van der Waals surface area contributed by atoms with E-state index in [-0.39, 0.29) is 23.3 Å². The average molecular weight is 587 g/mol. The number of benzene rings is 3. The molecule has 0 aromatic heterocycles. The van der Waals surface area contributed by atoms with E-state index < -0.39 is 47.4 Å². The Morgan fingerprint density at radius 1 is 1.03 bits per heavy atom. The van der Waals surface area contributed by atoms with Gasteiger partial charge in [-0.1, -0.05) is 28.1 Å². The van der Waals surface area contributed by atoms with Crippen LogP contribution < -0.4 is 15.5 Å². The van der Waals surface area contributed by atoms with E-state index in [0.29, 0.717) is 21.8 Å². The Morgan fingerprint density at radius 2 is 1.71 bits per heavy atom. The van der Waals surface area contributed by atoms with Crippen LogP contribution >= 0.6 is 15.9 Å². The van der Waals surface area contributed by atoms with Crippen molar-refractivity contribution < 1.29 is 27.6 Å². The Balaban J connectivity index is 1.58. The van der Waals surface area contributed by atoms with Gasteiger partial charge in [-0.15, -0.1) is 0 Å². The van der Waals surface area contributed by atoms with Crippen molar-refractivity contribution in [3.8, 4) is 0 Å². The summed E-state index contributed by atoms with van der Waals surface area (Å²) in [5.74, 6) is -4.19. The molecule has 0 saturated carbocycles. The minimum absolute atomic E-state index is 0.0937. The summed E-state index contributed by atoms with van der Waals surface area (Å²) >= 11 is 3.39. The maximum absolute atomic E-state index is 14.8. The highest BCUT2D eigenvalue weighted by Crippen LogP contribution is 2.30. The Labute approximate surface area is 224 Å². The lowest BCUT2D eigenvalue weighted by molar-refractivity contribution is -0.130. The summed E-state index contributed by atoms with van der Waals surface area (Å²) in [4.78, 5) is 44.4. The van der Waals surface area contributed by atoms with Crippen molar-refractivity contribution in [1.29, 1.82) is 0 Å². The van der Waals surface area contributed by atoms with Crippen molar-refractivity contribution in [2.24, 2.45) is 4.99 Å². The van der Waals surface area contributed by atoms with Crippen molar-refractivity contribution in [2.45, 2.75) is 25.6 Å². The van der Waals surface area contributed by atoms with Gasteiger partial charge in [0.15, 0.2) is 0 Å². The minimum atomic E-state index is -1.43. The molecule has 0 radical (unpaired) electrons. The minimum Gasteiger partial charge on any atom is -0.344 e. The summed E-state index contributed by atoms with van der Waals surface area (Å²) in [5, 5.41) is 4.95. The number of hydrogen-bond donors (Lipinski definition) is 2. The summed E-state index contributed by atoms with van der Waals surface area (Å²) in [6, 6.07) is 12.6. The summed E-state index contributed by atoms with van der Waals surface area (Å²) in [6.45, 7) is 1.39. The molecule has 3 aromatic carbocycles. The predicted molar refractivity (Wildman–Crippen MR) is 139 cm³/mol. The number of hydrogen-bond acceptors (Lipinski definition) is 4. The Kier molecular flexibility index (Phi) is 7.96. The number of benzodiazepines with no additional fused rings is 1. The molecule has 0 bridgehead atoms. The van der Waals surface area contributed by atoms with Gasteiger partial charge in [-0.3, -0.25) is 14.4 Å². The zero-order chi connectivity index (χ0) is 27.6. The van der Waals surface area contributed by atoms with Gasteiger partial charge < -0.3 is 15.5 Å². The van der Waals surface area contributed by atoms with Gasteiger partial charge in [0.2, 0.25) is 18.0 Å². The van der Waals surface area contributed by atoms with E-state index in [9.17, 15) is 27.6 Å². The highest BCUT2D eigenvalue weighted by Gasteiger charge is 2.33. The van der Waals surface area contributed by atoms with Gasteiger partial charge in [0.1, 0.15) is 23.5 Å². The van der Waals surface area contributed by atoms with Crippen LogP contribution in [0.5, 0.6) is 0 Å². The highest BCUT2D eigenvalue weighted by atomic mass is 79.9. The zero-order valence-corrected chi connectivity index (χ0v) is 21.9. The predicted octanol–water partition coefficient (Wildman–Crippen LogP) is 3.87. The Hall–Kier alpha value is -3.99. The first-order valence-corrected chi connectivity index (χ1v) is 12.3. The number of rotatable bonds is 6. The molecule has 0 fully saturated rings. The van der Waals surface area contributed by atoms with Crippen molar-refractivity contribution in [3.63, 3.8) is 0 Å². The third kappa shape index (κ3) is 5.94. The molecule has 38 heavy (non-hydrogen) atoms. The number of likely N-dealkylation sites (N-methyl/N-ethyl adjacent to an activating group) is 1. The summed E-state index contributed by atoms with van der Waals surface area (Å²) in [6.07, 6.45) is -1.79. The number of carbonyl (C=O) groups is 3. The van der Waals surface area contributed by atoms with Crippen LogP contribution in [0.4, 0.5) is 18.9 Å². The standard InChI is InChI=1S/C27H22BrF3N4O3/c1-14(32-23(36)11-15-9-17(29)13-18(30)10-15)26(37)34-25-27(38)35(2)22-8-7-16(28)12-20(22)24(33-25)19-5-3-4-6-21(19)31/h3-10,12-14,25H,11H2,1-2H3,(H,32,36)(H,34,37)/t14-,25?/m0/s1. The van der Waals surface area contributed by atoms with Crippen LogP contribution in [0.2, 0.25) is 0 Å². The van der Waals surface area contributed by atoms with E-state index in [4.69, 9.17) is 0 Å². The van der Waals surface area contributed by atoms with Gasteiger partial charge in [0.05, 0.1) is 17.8 Å². The smallest absolute Gasteiger partial charge is 0.272 e. The normalized spacial score (nSPS) is 15.7. The largest absolute Gasteiger partial charge is 0.344 e. The molecule has 1 aliphatic heterocycles. The van der Waals surface area contributed by atoms with Crippen molar-refractivity contribution in [2.75, 3.05) is 11.9 Å². The molecule has 2 atom stereocenters. The lowest BCUT2D eigenvalue weighted by Gasteiger charge is -2.22. The van der Waals surface area contributed by atoms with Gasteiger partial charge in [-0.2, -0.15) is 0 Å².